The molecular weight excluding hydrogens is 687 g/mol. The first-order valence-electron chi connectivity index (χ1n) is 17.8. The average molecular weight is 740 g/mol. The highest BCUT2D eigenvalue weighted by molar-refractivity contribution is 7.98. The normalized spacial score (nSPS) is 19.2. The van der Waals surface area contributed by atoms with E-state index in [0.717, 1.165) is 61.0 Å². The van der Waals surface area contributed by atoms with Gasteiger partial charge in [0.05, 0.1) is 10.6 Å². The van der Waals surface area contributed by atoms with E-state index in [1.807, 2.05) is 36.6 Å². The molecule has 3 atom stereocenters. The van der Waals surface area contributed by atoms with Gasteiger partial charge >= 0.3 is 0 Å². The average Bonchev–Trinajstić information content (AvgIpc) is 3.17. The van der Waals surface area contributed by atoms with Crippen LogP contribution in [-0.2, 0) is 19.4 Å². The molecule has 278 valence electrons. The van der Waals surface area contributed by atoms with E-state index >= 15 is 0 Å². The third kappa shape index (κ3) is 11.3. The van der Waals surface area contributed by atoms with Crippen molar-refractivity contribution >= 4 is 33.4 Å². The monoisotopic (exact) mass is 739 g/mol. The van der Waals surface area contributed by atoms with Crippen LogP contribution in [0, 0.1) is 5.41 Å². The molecule has 0 saturated heterocycles. The molecular formula is C39H53N3O7S2. The molecule has 0 fully saturated rings. The lowest BCUT2D eigenvalue weighted by Crippen LogP contribution is -2.44. The van der Waals surface area contributed by atoms with E-state index < -0.39 is 40.6 Å². The zero-order valence-electron chi connectivity index (χ0n) is 29.9. The maximum Gasteiger partial charge on any atom is 0.258 e. The Bertz CT molecular complexity index is 1670. The molecule has 0 saturated carbocycles. The molecule has 12 heteroatoms. The van der Waals surface area contributed by atoms with Gasteiger partial charge in [-0.25, -0.2) is 8.42 Å². The summed E-state index contributed by atoms with van der Waals surface area (Å²) in [5.41, 5.74) is 2.08. The molecule has 51 heavy (non-hydrogen) atoms. The van der Waals surface area contributed by atoms with Crippen LogP contribution in [0.2, 0.25) is 0 Å². The molecule has 2 amide bonds. The van der Waals surface area contributed by atoms with Crippen molar-refractivity contribution in [3.8, 4) is 5.75 Å². The Morgan fingerprint density at radius 1 is 1.02 bits per heavy atom. The molecule has 1 heterocycles. The number of sulfone groups is 1. The number of ether oxygens (including phenoxy) is 1. The van der Waals surface area contributed by atoms with E-state index in [9.17, 15) is 18.0 Å². The van der Waals surface area contributed by atoms with Crippen molar-refractivity contribution in [2.24, 2.45) is 5.41 Å². The minimum absolute atomic E-state index is 0.0423. The molecule has 1 aliphatic heterocycles. The molecule has 10 nitrogen and oxygen atoms in total. The second-order valence-electron chi connectivity index (χ2n) is 13.3. The van der Waals surface area contributed by atoms with Crippen molar-refractivity contribution in [3.05, 3.63) is 89.5 Å². The highest BCUT2D eigenvalue weighted by Crippen LogP contribution is 2.46. The van der Waals surface area contributed by atoms with Gasteiger partial charge in [-0.05, 0) is 60.1 Å². The zero-order valence-corrected chi connectivity index (χ0v) is 31.5. The number of amides is 2. The third-order valence-corrected chi connectivity index (χ3v) is 12.5. The van der Waals surface area contributed by atoms with Gasteiger partial charge in [0.25, 0.3) is 5.91 Å². The molecule has 1 unspecified atom stereocenters. The smallest absolute Gasteiger partial charge is 0.258 e. The lowest BCUT2D eigenvalue weighted by atomic mass is 9.76. The molecule has 1 aliphatic rings. The Morgan fingerprint density at radius 2 is 1.73 bits per heavy atom. The minimum atomic E-state index is -3.76. The Hall–Kier alpha value is -3.42. The van der Waals surface area contributed by atoms with Crippen molar-refractivity contribution < 1.29 is 33.0 Å². The number of hydrogen-bond donors (Lipinski definition) is 5. The summed E-state index contributed by atoms with van der Waals surface area (Å²) in [6.45, 7) is 4.26. The number of fused-ring (bicyclic) bond motifs is 1. The first kappa shape index (κ1) is 40.4. The number of aliphatic hydroxyl groups is 2. The van der Waals surface area contributed by atoms with Crippen LogP contribution in [0.4, 0.5) is 0 Å². The van der Waals surface area contributed by atoms with Gasteiger partial charge in [-0.1, -0.05) is 93.8 Å². The van der Waals surface area contributed by atoms with E-state index in [1.54, 1.807) is 30.3 Å². The van der Waals surface area contributed by atoms with Crippen LogP contribution < -0.4 is 20.7 Å². The minimum Gasteiger partial charge on any atom is -0.483 e. The van der Waals surface area contributed by atoms with Crippen molar-refractivity contribution in [2.45, 2.75) is 86.8 Å². The van der Waals surface area contributed by atoms with Crippen LogP contribution in [0.1, 0.15) is 87.4 Å². The summed E-state index contributed by atoms with van der Waals surface area (Å²) >= 11 is 1.43. The first-order chi connectivity index (χ1) is 24.5. The number of rotatable bonds is 17. The predicted octanol–water partition coefficient (Wildman–Crippen LogP) is 5.34. The fourth-order valence-electron chi connectivity index (χ4n) is 6.90. The topological polar surface area (TPSA) is 154 Å². The molecule has 3 aromatic rings. The number of aliphatic hydroxyl groups excluding tert-OH is 1. The molecule has 0 radical (unpaired) electrons. The zero-order chi connectivity index (χ0) is 36.9. The Morgan fingerprint density at radius 3 is 2.37 bits per heavy atom. The third-order valence-electron chi connectivity index (χ3n) is 9.70. The van der Waals surface area contributed by atoms with E-state index in [1.165, 1.54) is 11.8 Å². The summed E-state index contributed by atoms with van der Waals surface area (Å²) < 4.78 is 35.2. The van der Waals surface area contributed by atoms with Gasteiger partial charge in [-0.15, -0.1) is 11.8 Å². The fraction of sp³-hybridized carbons (Fsp3) is 0.487. The SMILES string of the molecule is CCCC[C@@]1(CC)CCCC(c2ccccc2)c2cc(SC)c(OCC(=O)N[C@@H](C(=O)NCCNCC(O)O)c3ccccc3)cc2S(=O)(=O)C1. The second-order valence-corrected chi connectivity index (χ2v) is 16.1. The van der Waals surface area contributed by atoms with E-state index in [2.05, 4.69) is 41.9 Å². The lowest BCUT2D eigenvalue weighted by molar-refractivity contribution is -0.130. The highest BCUT2D eigenvalue weighted by atomic mass is 32.2. The Balaban J connectivity index is 1.62. The van der Waals surface area contributed by atoms with Gasteiger partial charge in [0.15, 0.2) is 22.7 Å². The number of benzene rings is 3. The van der Waals surface area contributed by atoms with Crippen molar-refractivity contribution in [3.63, 3.8) is 0 Å². The summed E-state index contributed by atoms with van der Waals surface area (Å²) in [6.07, 6.45) is 6.58. The fourth-order valence-corrected chi connectivity index (χ4v) is 9.76. The van der Waals surface area contributed by atoms with E-state index in [-0.39, 0.29) is 35.1 Å². The molecule has 0 aromatic heterocycles. The maximum absolute atomic E-state index is 14.5. The molecule has 4 rings (SSSR count). The molecule has 0 spiro atoms. The number of thioether (sulfide) groups is 1. The van der Waals surface area contributed by atoms with Crippen LogP contribution in [-0.4, -0.2) is 75.0 Å². The molecule has 0 bridgehead atoms. The standard InChI is InChI=1S/C39H53N3O7S2/c1-4-6-19-39(5-2)20-13-18-30(28-14-9-7-10-15-28)31-23-33(50-3)32(24-34(31)51(47,48)27-39)49-26-35(43)42-37(29-16-11-8-12-17-29)38(46)41-22-21-40-25-36(44)45/h7-12,14-17,23-24,30,36-37,40,44-45H,4-6,13,18-22,25-27H2,1-3H3,(H,41,46)(H,42,43)/t30?,37-,39+/m1/s1. The van der Waals surface area contributed by atoms with Crippen LogP contribution in [0.15, 0.2) is 82.6 Å². The summed E-state index contributed by atoms with van der Waals surface area (Å²) in [4.78, 5) is 27.5. The van der Waals surface area contributed by atoms with Crippen LogP contribution in [0.5, 0.6) is 5.75 Å². The molecule has 3 aromatic carbocycles. The van der Waals surface area contributed by atoms with E-state index in [0.29, 0.717) is 17.9 Å². The van der Waals surface area contributed by atoms with Gasteiger partial charge in [0, 0.05) is 36.5 Å². The Kier molecular flexibility index (Phi) is 15.4. The summed E-state index contributed by atoms with van der Waals surface area (Å²) in [7, 11) is -3.76. The largest absolute Gasteiger partial charge is 0.483 e. The predicted molar refractivity (Wildman–Crippen MR) is 202 cm³/mol. The van der Waals surface area contributed by atoms with Gasteiger partial charge in [-0.2, -0.15) is 0 Å². The number of unbranched alkanes of at least 4 members (excludes halogenated alkanes) is 1. The number of nitrogens with one attached hydrogen (secondary N) is 3. The van der Waals surface area contributed by atoms with Gasteiger partial charge in [0.2, 0.25) is 5.91 Å². The molecule has 0 aliphatic carbocycles. The van der Waals surface area contributed by atoms with E-state index in [4.69, 9.17) is 14.9 Å². The summed E-state index contributed by atoms with van der Waals surface area (Å²) in [6, 6.07) is 21.4. The van der Waals surface area contributed by atoms with Gasteiger partial charge < -0.3 is 30.9 Å². The summed E-state index contributed by atoms with van der Waals surface area (Å²) in [5.74, 6) is -0.742. The van der Waals surface area contributed by atoms with Crippen LogP contribution in [0.25, 0.3) is 0 Å². The highest BCUT2D eigenvalue weighted by Gasteiger charge is 2.38. The Labute approximate surface area is 307 Å². The number of hydrogen-bond acceptors (Lipinski definition) is 9. The van der Waals surface area contributed by atoms with Gasteiger partial charge in [0.1, 0.15) is 11.8 Å². The first-order valence-corrected chi connectivity index (χ1v) is 20.7. The second kappa shape index (κ2) is 19.4. The van der Waals surface area contributed by atoms with Crippen molar-refractivity contribution in [2.75, 3.05) is 38.2 Å². The lowest BCUT2D eigenvalue weighted by Gasteiger charge is -2.32. The number of carbonyl (C=O) groups excluding carboxylic acids is 2. The summed E-state index contributed by atoms with van der Waals surface area (Å²) in [5, 5.41) is 26.4. The van der Waals surface area contributed by atoms with Crippen LogP contribution in [0.3, 0.4) is 0 Å². The maximum atomic E-state index is 14.5. The molecule has 5 N–H and O–H groups in total. The quantitative estimate of drug-likeness (QED) is 0.0702. The van der Waals surface area contributed by atoms with Crippen molar-refractivity contribution in [1.82, 2.24) is 16.0 Å². The number of carbonyl (C=O) groups is 2. The van der Waals surface area contributed by atoms with Gasteiger partial charge in [-0.3, -0.25) is 9.59 Å². The van der Waals surface area contributed by atoms with Crippen LogP contribution >= 0.6 is 11.8 Å². The van der Waals surface area contributed by atoms with Crippen molar-refractivity contribution in [1.29, 1.82) is 0 Å².